The third-order valence-corrected chi connectivity index (χ3v) is 13.5. The Morgan fingerprint density at radius 1 is 0.547 bits per heavy atom. The molecule has 3 aromatic heterocycles. The maximum Gasteiger partial charge on any atom is 0.410 e. The number of anilines is 3. The monoisotopic (exact) mass is 1250 g/mol. The number of aliphatic hydroxyl groups excluding tert-OH is 1. The van der Waals surface area contributed by atoms with E-state index < -0.39 is 40.6 Å². The van der Waals surface area contributed by atoms with Crippen LogP contribution < -0.4 is 38.9 Å². The van der Waals surface area contributed by atoms with E-state index in [9.17, 15) is 33.9 Å². The van der Waals surface area contributed by atoms with Crippen LogP contribution in [0.1, 0.15) is 143 Å². The van der Waals surface area contributed by atoms with Crippen molar-refractivity contribution in [1.29, 1.82) is 0 Å². The Morgan fingerprint density at radius 2 is 0.884 bits per heavy atom. The van der Waals surface area contributed by atoms with Crippen LogP contribution in [0.4, 0.5) is 31.8 Å². The van der Waals surface area contributed by atoms with E-state index in [0.29, 0.717) is 61.8 Å². The van der Waals surface area contributed by atoms with E-state index in [-0.39, 0.29) is 71.5 Å². The van der Waals surface area contributed by atoms with Crippen molar-refractivity contribution in [1.82, 2.24) is 60.6 Å². The number of ether oxygens (including phenoxy) is 3. The van der Waals surface area contributed by atoms with Crippen molar-refractivity contribution in [2.75, 3.05) is 56.5 Å². The fourth-order valence-corrected chi connectivity index (χ4v) is 9.44. The van der Waals surface area contributed by atoms with Crippen molar-refractivity contribution in [3.63, 3.8) is 0 Å². The Balaban J connectivity index is 0.000000208. The Hall–Kier alpha value is -8.30. The second-order valence-corrected chi connectivity index (χ2v) is 24.7. The van der Waals surface area contributed by atoms with Gasteiger partial charge in [0.25, 0.3) is 17.7 Å². The summed E-state index contributed by atoms with van der Waals surface area (Å²) in [5.41, 5.74) is 25.9. The third-order valence-electron chi connectivity index (χ3n) is 13.1. The van der Waals surface area contributed by atoms with Gasteiger partial charge in [0.05, 0.1) is 36.6 Å². The quantitative estimate of drug-likeness (QED) is 0.0681. The lowest BCUT2D eigenvalue weighted by Gasteiger charge is -2.34. The van der Waals surface area contributed by atoms with Crippen LogP contribution in [0.25, 0.3) is 22.5 Å². The van der Waals surface area contributed by atoms with Crippen molar-refractivity contribution in [3.8, 4) is 22.5 Å². The predicted octanol–water partition coefficient (Wildman–Crippen LogP) is 6.61. The van der Waals surface area contributed by atoms with Gasteiger partial charge < -0.3 is 72.9 Å². The third kappa shape index (κ3) is 20.5. The van der Waals surface area contributed by atoms with Crippen LogP contribution in [0.15, 0.2) is 71.7 Å². The summed E-state index contributed by atoms with van der Waals surface area (Å²) in [6, 6.07) is 14.1. The highest BCUT2D eigenvalue weighted by atomic mass is 79.9. The van der Waals surface area contributed by atoms with Gasteiger partial charge in [-0.2, -0.15) is 0 Å². The number of benzene rings is 2. The van der Waals surface area contributed by atoms with E-state index in [0.717, 1.165) is 60.8 Å². The van der Waals surface area contributed by atoms with Gasteiger partial charge in [-0.3, -0.25) is 14.4 Å². The number of likely N-dealkylation sites (tertiary alicyclic amines) is 3. The number of carbonyl (C=O) groups is 6. The fraction of sp³-hybridized carbons (Fsp3) is 0.492. The molecule has 0 spiro atoms. The number of rotatable bonds is 10. The lowest BCUT2D eigenvalue weighted by molar-refractivity contribution is 0.0178. The van der Waals surface area contributed by atoms with Crippen LogP contribution in [0, 0.1) is 0 Å². The normalized spacial score (nSPS) is 17.1. The van der Waals surface area contributed by atoms with Crippen LogP contribution in [-0.4, -0.2) is 160 Å². The zero-order valence-electron chi connectivity index (χ0n) is 50.3. The molecule has 3 atom stereocenters. The van der Waals surface area contributed by atoms with E-state index in [1.54, 1.807) is 32.9 Å². The molecule has 0 radical (unpaired) electrons. The maximum atomic E-state index is 12.9. The number of aliphatic hydroxyl groups is 1. The second-order valence-electron chi connectivity index (χ2n) is 23.9. The van der Waals surface area contributed by atoms with Gasteiger partial charge in [-0.1, -0.05) is 36.4 Å². The maximum absolute atomic E-state index is 12.9. The summed E-state index contributed by atoms with van der Waals surface area (Å²) in [4.78, 5) is 105. The standard InChI is InChI=1S/C22H30N6O3.C22H29N5O4.C15H22BrN5O3/c1-22(2,3)31-21(30)28-9-5-8-16(13-28)26-20(29)18-19(24)25-12-17(27-18)15-7-4-6-14(10-15)11-23;1-22(2,3)31-21(30)27-9-5-8-16(12-27)25-20(29)18-19(23)24-11-17(26-18)15-7-4-6-14(10-15)13-28;1-15(2,3)24-14(23)21-6-4-5-9(8-21)19-13(22)11-12(17)18-7-10(16)20-11/h4,6-7,10,12,16H,5,8-9,11,13,23H2,1-3H3,(H2,24,25)(H,26,29);4,6-7,10-11,16,28H,5,8-9,12-13H2,1-3H3,(H2,23,24)(H,25,29);7,9H,4-6,8H2,1-3H3,(H2,17,18)(H,19,22)/t2*16-;9-/m000/s1. The number of nitrogens with two attached hydrogens (primary N) is 4. The van der Waals surface area contributed by atoms with Crippen LogP contribution in [0.2, 0.25) is 0 Å². The molecule has 0 saturated carbocycles. The fourth-order valence-electron chi connectivity index (χ4n) is 9.16. The molecule has 27 heteroatoms. The predicted molar refractivity (Wildman–Crippen MR) is 327 cm³/mol. The molecular weight excluding hydrogens is 1170 g/mol. The highest BCUT2D eigenvalue weighted by Crippen LogP contribution is 2.24. The summed E-state index contributed by atoms with van der Waals surface area (Å²) in [5, 5.41) is 18.1. The smallest absolute Gasteiger partial charge is 0.410 e. The molecule has 3 fully saturated rings. The number of piperidine rings is 3. The molecule has 464 valence electrons. The number of nitrogens with one attached hydrogen (secondary N) is 3. The topological polar surface area (TPSA) is 378 Å². The van der Waals surface area contributed by atoms with Gasteiger partial charge in [-0.05, 0) is 140 Å². The number of aromatic nitrogens is 6. The Kier molecular flexibility index (Phi) is 23.1. The van der Waals surface area contributed by atoms with Crippen molar-refractivity contribution in [2.45, 2.75) is 149 Å². The number of hydrogen-bond acceptors (Lipinski definition) is 20. The van der Waals surface area contributed by atoms with Crippen molar-refractivity contribution in [3.05, 3.63) is 99.9 Å². The Bertz CT molecular complexity index is 3050. The number of amides is 6. The molecule has 0 aliphatic carbocycles. The Morgan fingerprint density at radius 3 is 1.23 bits per heavy atom. The van der Waals surface area contributed by atoms with Gasteiger partial charge in [-0.15, -0.1) is 0 Å². The second kappa shape index (κ2) is 29.7. The minimum Gasteiger partial charge on any atom is -0.444 e. The molecule has 2 aromatic carbocycles. The largest absolute Gasteiger partial charge is 0.444 e. The Labute approximate surface area is 509 Å². The molecule has 8 rings (SSSR count). The van der Waals surface area contributed by atoms with Crippen LogP contribution in [0.3, 0.4) is 0 Å². The summed E-state index contributed by atoms with van der Waals surface area (Å²) in [5.74, 6) is -1.12. The number of nitrogen functional groups attached to an aromatic ring is 3. The van der Waals surface area contributed by atoms with Gasteiger partial charge in [0.2, 0.25) is 0 Å². The molecule has 12 N–H and O–H groups in total. The first-order valence-electron chi connectivity index (χ1n) is 28.4. The highest BCUT2D eigenvalue weighted by molar-refractivity contribution is 9.10. The summed E-state index contributed by atoms with van der Waals surface area (Å²) >= 11 is 3.17. The number of hydrogen-bond donors (Lipinski definition) is 8. The molecule has 3 saturated heterocycles. The zero-order chi connectivity index (χ0) is 63.1. The number of carbonyl (C=O) groups excluding carboxylic acids is 6. The lowest BCUT2D eigenvalue weighted by Crippen LogP contribution is -2.50. The first kappa shape index (κ1) is 66.8. The average molecular weight is 1250 g/mol. The lowest BCUT2D eigenvalue weighted by atomic mass is 10.1. The van der Waals surface area contributed by atoms with Crippen LogP contribution in [-0.2, 0) is 27.4 Å². The summed E-state index contributed by atoms with van der Waals surface area (Å²) in [6.45, 7) is 19.6. The van der Waals surface area contributed by atoms with Gasteiger partial charge in [-0.25, -0.2) is 44.3 Å². The first-order valence-corrected chi connectivity index (χ1v) is 29.2. The van der Waals surface area contributed by atoms with Gasteiger partial charge in [0, 0.05) is 75.1 Å². The first-order chi connectivity index (χ1) is 40.5. The molecule has 3 aliphatic rings. The molecule has 6 amide bonds. The summed E-state index contributed by atoms with van der Waals surface area (Å²) < 4.78 is 16.7. The molecule has 86 heavy (non-hydrogen) atoms. The van der Waals surface area contributed by atoms with E-state index in [1.165, 1.54) is 18.6 Å². The van der Waals surface area contributed by atoms with Gasteiger partial charge in [0.15, 0.2) is 34.5 Å². The number of nitrogens with zero attached hydrogens (tertiary/aromatic N) is 9. The van der Waals surface area contributed by atoms with E-state index in [4.69, 9.17) is 37.1 Å². The van der Waals surface area contributed by atoms with Gasteiger partial charge >= 0.3 is 18.3 Å². The van der Waals surface area contributed by atoms with Crippen molar-refractivity contribution in [2.24, 2.45) is 5.73 Å². The molecule has 0 unspecified atom stereocenters. The van der Waals surface area contributed by atoms with Crippen LogP contribution >= 0.6 is 15.9 Å². The highest BCUT2D eigenvalue weighted by Gasteiger charge is 2.33. The molecular formula is C59H81BrN16O10. The van der Waals surface area contributed by atoms with Crippen molar-refractivity contribution < 1.29 is 48.1 Å². The van der Waals surface area contributed by atoms with Crippen molar-refractivity contribution >= 4 is 69.4 Å². The van der Waals surface area contributed by atoms with Crippen LogP contribution in [0.5, 0.6) is 0 Å². The molecule has 26 nitrogen and oxygen atoms in total. The summed E-state index contributed by atoms with van der Waals surface area (Å²) in [6.07, 6.45) is 7.85. The van der Waals surface area contributed by atoms with E-state index in [2.05, 4.69) is 61.8 Å². The van der Waals surface area contributed by atoms with Gasteiger partial charge in [0.1, 0.15) is 21.4 Å². The van der Waals surface area contributed by atoms with E-state index in [1.807, 2.05) is 92.6 Å². The minimum absolute atomic E-state index is 0.0272. The number of halogens is 1. The van der Waals surface area contributed by atoms with E-state index >= 15 is 0 Å². The summed E-state index contributed by atoms with van der Waals surface area (Å²) in [7, 11) is 0. The minimum atomic E-state index is -0.578. The average Bonchev–Trinajstić information content (AvgIpc) is 1.52. The molecule has 6 heterocycles. The SMILES string of the molecule is CC(C)(C)OC(=O)N1CCC[C@H](NC(=O)c2nc(-c3cccc(CN)c3)cnc2N)C1.CC(C)(C)OC(=O)N1CCC[C@H](NC(=O)c2nc(-c3cccc(CO)c3)cnc2N)C1.CC(C)(C)OC(=O)N1CCC[C@H](NC(=O)c2nc(Br)cnc2N)C1. The molecule has 3 aliphatic heterocycles. The molecule has 0 bridgehead atoms. The zero-order valence-corrected chi connectivity index (χ0v) is 51.9. The molecule has 5 aromatic rings.